The molecule has 1 aromatic heterocycles. The molecule has 1 heterocycles. The van der Waals surface area contributed by atoms with Gasteiger partial charge in [-0.05, 0) is 12.8 Å². The largest absolute Gasteiger partial charge is 0.495 e. The quantitative estimate of drug-likeness (QED) is 0.823. The minimum Gasteiger partial charge on any atom is -0.495 e. The van der Waals surface area contributed by atoms with E-state index in [1.54, 1.807) is 32.5 Å². The molecule has 3 rings (SSSR count). The number of aromatic nitrogens is 3. The molecule has 8 heteroatoms. The highest BCUT2D eigenvalue weighted by atomic mass is 35.5. The summed E-state index contributed by atoms with van der Waals surface area (Å²) in [6, 6.07) is 3.87. The molecule has 1 aromatic carbocycles. The Morgan fingerprint density at radius 1 is 1.12 bits per heavy atom. The van der Waals surface area contributed by atoms with Crippen LogP contribution in [0.5, 0.6) is 11.5 Å². The Morgan fingerprint density at radius 2 is 1.88 bits per heavy atom. The number of methoxy groups -OCH3 is 2. The minimum atomic E-state index is 0.423. The molecule has 0 atom stereocenters. The summed E-state index contributed by atoms with van der Waals surface area (Å²) < 4.78 is 10.6. The summed E-state index contributed by atoms with van der Waals surface area (Å²) in [4.78, 5) is 4.46. The third-order valence-corrected chi connectivity index (χ3v) is 4.28. The van der Waals surface area contributed by atoms with Gasteiger partial charge in [0, 0.05) is 18.2 Å². The molecule has 24 heavy (non-hydrogen) atoms. The van der Waals surface area contributed by atoms with Crippen LogP contribution >= 0.6 is 11.6 Å². The van der Waals surface area contributed by atoms with Crippen molar-refractivity contribution in [1.82, 2.24) is 15.2 Å². The number of hydrogen-bond donors (Lipinski definition) is 2. The van der Waals surface area contributed by atoms with E-state index >= 15 is 0 Å². The molecule has 0 amide bonds. The molecule has 1 fully saturated rings. The van der Waals surface area contributed by atoms with E-state index in [0.717, 1.165) is 12.8 Å². The second kappa shape index (κ2) is 7.53. The van der Waals surface area contributed by atoms with E-state index in [-0.39, 0.29) is 0 Å². The van der Waals surface area contributed by atoms with E-state index in [1.807, 2.05) is 0 Å². The number of hydrogen-bond acceptors (Lipinski definition) is 7. The molecule has 128 valence electrons. The summed E-state index contributed by atoms with van der Waals surface area (Å²) in [7, 11) is 3.14. The van der Waals surface area contributed by atoms with E-state index in [9.17, 15) is 0 Å². The third kappa shape index (κ3) is 3.79. The Bertz CT molecular complexity index is 707. The molecule has 0 aliphatic heterocycles. The second-order valence-electron chi connectivity index (χ2n) is 5.60. The standard InChI is InChI=1S/C16H20ClN5O2/c1-23-13-8-12(14(24-2)7-11(13)17)20-15-9-18-22-16(21-15)19-10-5-3-4-6-10/h7-10H,3-6H2,1-2H3,(H2,19,20,21,22). The van der Waals surface area contributed by atoms with E-state index in [4.69, 9.17) is 21.1 Å². The van der Waals surface area contributed by atoms with Crippen LogP contribution < -0.4 is 20.1 Å². The van der Waals surface area contributed by atoms with Crippen molar-refractivity contribution in [1.29, 1.82) is 0 Å². The Kier molecular flexibility index (Phi) is 5.20. The number of ether oxygens (including phenoxy) is 2. The lowest BCUT2D eigenvalue weighted by molar-refractivity contribution is 0.405. The first-order chi connectivity index (χ1) is 11.7. The van der Waals surface area contributed by atoms with Crippen LogP contribution in [0.4, 0.5) is 17.5 Å². The summed E-state index contributed by atoms with van der Waals surface area (Å²) in [6.07, 6.45) is 6.32. The lowest BCUT2D eigenvalue weighted by atomic mass is 10.2. The van der Waals surface area contributed by atoms with E-state index in [0.29, 0.717) is 40.0 Å². The van der Waals surface area contributed by atoms with E-state index in [2.05, 4.69) is 25.8 Å². The van der Waals surface area contributed by atoms with Crippen LogP contribution in [0.25, 0.3) is 0 Å². The highest BCUT2D eigenvalue weighted by Crippen LogP contribution is 2.37. The Balaban J connectivity index is 1.80. The molecule has 1 aliphatic carbocycles. The van der Waals surface area contributed by atoms with Crippen LogP contribution in [-0.4, -0.2) is 35.4 Å². The number of rotatable bonds is 6. The molecule has 0 spiro atoms. The van der Waals surface area contributed by atoms with Gasteiger partial charge in [-0.1, -0.05) is 24.4 Å². The maximum atomic E-state index is 6.12. The Morgan fingerprint density at radius 3 is 2.58 bits per heavy atom. The molecule has 0 bridgehead atoms. The number of nitrogens with zero attached hydrogens (tertiary/aromatic N) is 3. The van der Waals surface area contributed by atoms with Crippen molar-refractivity contribution in [3.8, 4) is 11.5 Å². The van der Waals surface area contributed by atoms with Crippen molar-refractivity contribution in [3.05, 3.63) is 23.4 Å². The smallest absolute Gasteiger partial charge is 0.244 e. The van der Waals surface area contributed by atoms with Gasteiger partial charge in [-0.2, -0.15) is 10.1 Å². The first-order valence-electron chi connectivity index (χ1n) is 7.84. The van der Waals surface area contributed by atoms with Gasteiger partial charge in [0.2, 0.25) is 5.95 Å². The van der Waals surface area contributed by atoms with Crippen molar-refractivity contribution in [3.63, 3.8) is 0 Å². The van der Waals surface area contributed by atoms with Crippen molar-refractivity contribution in [2.75, 3.05) is 24.9 Å². The Labute approximate surface area is 145 Å². The SMILES string of the molecule is COc1cc(Nc2cnnc(NC3CCCC3)n2)c(OC)cc1Cl. The molecule has 0 unspecified atom stereocenters. The van der Waals surface area contributed by atoms with Gasteiger partial charge in [0.25, 0.3) is 0 Å². The maximum Gasteiger partial charge on any atom is 0.244 e. The van der Waals surface area contributed by atoms with Crippen LogP contribution in [0.1, 0.15) is 25.7 Å². The molecular weight excluding hydrogens is 330 g/mol. The average Bonchev–Trinajstić information content (AvgIpc) is 3.09. The summed E-state index contributed by atoms with van der Waals surface area (Å²) in [5.74, 6) is 2.22. The molecule has 7 nitrogen and oxygen atoms in total. The van der Waals surface area contributed by atoms with Crippen LogP contribution in [0.2, 0.25) is 5.02 Å². The predicted molar refractivity (Wildman–Crippen MR) is 93.5 cm³/mol. The number of nitrogens with one attached hydrogen (secondary N) is 2. The third-order valence-electron chi connectivity index (χ3n) is 3.98. The van der Waals surface area contributed by atoms with Crippen LogP contribution in [0.3, 0.4) is 0 Å². The van der Waals surface area contributed by atoms with Crippen molar-refractivity contribution < 1.29 is 9.47 Å². The molecule has 0 radical (unpaired) electrons. The van der Waals surface area contributed by atoms with Gasteiger partial charge in [-0.15, -0.1) is 5.10 Å². The zero-order chi connectivity index (χ0) is 16.9. The van der Waals surface area contributed by atoms with Crippen LogP contribution in [0, 0.1) is 0 Å². The molecule has 2 aromatic rings. The summed E-state index contributed by atoms with van der Waals surface area (Å²) in [5, 5.41) is 15.0. The first kappa shape index (κ1) is 16.6. The summed E-state index contributed by atoms with van der Waals surface area (Å²) >= 11 is 6.12. The van der Waals surface area contributed by atoms with Gasteiger partial charge in [-0.25, -0.2) is 0 Å². The average molecular weight is 350 g/mol. The van der Waals surface area contributed by atoms with Gasteiger partial charge in [0.05, 0.1) is 31.1 Å². The van der Waals surface area contributed by atoms with Gasteiger partial charge in [0.15, 0.2) is 5.82 Å². The highest BCUT2D eigenvalue weighted by molar-refractivity contribution is 6.32. The molecule has 2 N–H and O–H groups in total. The maximum absolute atomic E-state index is 6.12. The molecule has 0 saturated heterocycles. The van der Waals surface area contributed by atoms with E-state index < -0.39 is 0 Å². The van der Waals surface area contributed by atoms with Gasteiger partial charge < -0.3 is 20.1 Å². The van der Waals surface area contributed by atoms with Gasteiger partial charge >= 0.3 is 0 Å². The second-order valence-corrected chi connectivity index (χ2v) is 6.01. The molecular formula is C16H20ClN5O2. The number of benzene rings is 1. The van der Waals surface area contributed by atoms with Crippen molar-refractivity contribution in [2.24, 2.45) is 0 Å². The van der Waals surface area contributed by atoms with Gasteiger partial charge in [-0.3, -0.25) is 0 Å². The monoisotopic (exact) mass is 349 g/mol. The van der Waals surface area contributed by atoms with Gasteiger partial charge in [0.1, 0.15) is 11.5 Å². The summed E-state index contributed by atoms with van der Waals surface area (Å²) in [5.41, 5.74) is 0.686. The Hall–Kier alpha value is -2.28. The first-order valence-corrected chi connectivity index (χ1v) is 8.22. The van der Waals surface area contributed by atoms with E-state index in [1.165, 1.54) is 12.8 Å². The lowest BCUT2D eigenvalue weighted by Gasteiger charge is -2.14. The number of halogens is 1. The van der Waals surface area contributed by atoms with Crippen LogP contribution in [-0.2, 0) is 0 Å². The minimum absolute atomic E-state index is 0.423. The van der Waals surface area contributed by atoms with Crippen LogP contribution in [0.15, 0.2) is 18.3 Å². The zero-order valence-corrected chi connectivity index (χ0v) is 14.4. The molecule has 1 aliphatic rings. The van der Waals surface area contributed by atoms with Crippen molar-refractivity contribution >= 4 is 29.1 Å². The fourth-order valence-electron chi connectivity index (χ4n) is 2.77. The fourth-order valence-corrected chi connectivity index (χ4v) is 3.00. The molecule has 1 saturated carbocycles. The zero-order valence-electron chi connectivity index (χ0n) is 13.7. The lowest BCUT2D eigenvalue weighted by Crippen LogP contribution is -2.17. The number of anilines is 3. The summed E-state index contributed by atoms with van der Waals surface area (Å²) in [6.45, 7) is 0. The predicted octanol–water partition coefficient (Wildman–Crippen LogP) is 3.64. The highest BCUT2D eigenvalue weighted by Gasteiger charge is 2.16. The fraction of sp³-hybridized carbons (Fsp3) is 0.438. The topological polar surface area (TPSA) is 81.2 Å². The normalized spacial score (nSPS) is 14.5. The van der Waals surface area contributed by atoms with Crippen molar-refractivity contribution in [2.45, 2.75) is 31.7 Å².